The highest BCUT2D eigenvalue weighted by Gasteiger charge is 2.13. The average Bonchev–Trinajstić information content (AvgIpc) is 1.86. The third-order valence-corrected chi connectivity index (χ3v) is 4.43. The minimum absolute atomic E-state index is 0.619. The number of rotatable bonds is 5. The lowest BCUT2D eigenvalue weighted by atomic mass is 10.5. The molecule has 0 nitrogen and oxygen atoms in total. The van der Waals surface area contributed by atoms with Crippen LogP contribution in [0, 0.1) is 0 Å². The highest BCUT2D eigenvalue weighted by molar-refractivity contribution is 8.04. The van der Waals surface area contributed by atoms with Crippen molar-refractivity contribution in [3.05, 3.63) is 0 Å². The first-order valence-corrected chi connectivity index (χ1v) is 8.15. The molecule has 0 radical (unpaired) electrons. The van der Waals surface area contributed by atoms with Crippen LogP contribution in [0.2, 0.25) is 0 Å². The van der Waals surface area contributed by atoms with Crippen LogP contribution in [0.4, 0.5) is 0 Å². The van der Waals surface area contributed by atoms with Crippen LogP contribution in [0.25, 0.3) is 0 Å². The molecule has 0 saturated heterocycles. The highest BCUT2D eigenvalue weighted by Crippen LogP contribution is 2.13. The maximum Gasteiger partial charge on any atom is 0.120 e. The standard InChI is InChI=1S/C7H17S3/c1-8-5-7(9-2)6-10(3)4/h7H,5-6H2,1-4H3/q+1. The molecule has 0 fully saturated rings. The van der Waals surface area contributed by atoms with Gasteiger partial charge in [-0.15, -0.1) is 0 Å². The zero-order valence-corrected chi connectivity index (χ0v) is 9.67. The van der Waals surface area contributed by atoms with E-state index in [-0.39, 0.29) is 0 Å². The largest absolute Gasteiger partial charge is 0.164 e. The topological polar surface area (TPSA) is 0 Å². The normalized spacial score (nSPS) is 14.1. The van der Waals surface area contributed by atoms with Gasteiger partial charge < -0.3 is 0 Å². The number of hydrogen-bond acceptors (Lipinski definition) is 2. The third kappa shape index (κ3) is 5.81. The minimum atomic E-state index is 0.619. The predicted molar refractivity (Wildman–Crippen MR) is 59.8 cm³/mol. The molecule has 0 saturated carbocycles. The van der Waals surface area contributed by atoms with Crippen molar-refractivity contribution >= 4 is 34.4 Å². The Kier molecular flexibility index (Phi) is 7.45. The quantitative estimate of drug-likeness (QED) is 0.618. The molecular weight excluding hydrogens is 180 g/mol. The van der Waals surface area contributed by atoms with Crippen molar-refractivity contribution in [1.29, 1.82) is 0 Å². The fraction of sp³-hybridized carbons (Fsp3) is 1.00. The summed E-state index contributed by atoms with van der Waals surface area (Å²) >= 11 is 3.97. The van der Waals surface area contributed by atoms with Crippen LogP contribution in [0.15, 0.2) is 0 Å². The van der Waals surface area contributed by atoms with Crippen molar-refractivity contribution in [1.82, 2.24) is 0 Å². The molecule has 62 valence electrons. The molecule has 10 heavy (non-hydrogen) atoms. The Morgan fingerprint density at radius 1 is 1.30 bits per heavy atom. The maximum absolute atomic E-state index is 2.32. The lowest BCUT2D eigenvalue weighted by Crippen LogP contribution is -2.18. The Hall–Kier alpha value is 1.05. The zero-order valence-electron chi connectivity index (χ0n) is 7.22. The van der Waals surface area contributed by atoms with Crippen molar-refractivity contribution in [2.75, 3.05) is 36.5 Å². The minimum Gasteiger partial charge on any atom is -0.164 e. The van der Waals surface area contributed by atoms with Gasteiger partial charge in [-0.3, -0.25) is 0 Å². The second kappa shape index (κ2) is 6.74. The monoisotopic (exact) mass is 197 g/mol. The summed E-state index contributed by atoms with van der Waals surface area (Å²) < 4.78 is 0. The summed E-state index contributed by atoms with van der Waals surface area (Å²) in [5.74, 6) is 2.70. The van der Waals surface area contributed by atoms with Crippen molar-refractivity contribution in [2.24, 2.45) is 0 Å². The van der Waals surface area contributed by atoms with Gasteiger partial charge in [0, 0.05) is 5.75 Å². The van der Waals surface area contributed by atoms with Crippen LogP contribution in [-0.4, -0.2) is 41.8 Å². The van der Waals surface area contributed by atoms with E-state index < -0.39 is 0 Å². The Bertz CT molecular complexity index is 73.3. The molecule has 0 heterocycles. The van der Waals surface area contributed by atoms with Gasteiger partial charge in [0.2, 0.25) is 0 Å². The van der Waals surface area contributed by atoms with E-state index in [9.17, 15) is 0 Å². The first kappa shape index (κ1) is 11.1. The first-order valence-electron chi connectivity index (χ1n) is 3.26. The molecule has 0 aliphatic carbocycles. The molecule has 3 heteroatoms. The molecule has 0 aromatic heterocycles. The van der Waals surface area contributed by atoms with Crippen molar-refractivity contribution in [3.8, 4) is 0 Å². The van der Waals surface area contributed by atoms with Gasteiger partial charge in [-0.05, 0) is 23.4 Å². The second-order valence-corrected chi connectivity index (χ2v) is 6.82. The summed E-state index contributed by atoms with van der Waals surface area (Å²) in [4.78, 5) is 0. The molecule has 0 amide bonds. The van der Waals surface area contributed by atoms with Crippen molar-refractivity contribution in [2.45, 2.75) is 5.25 Å². The molecule has 0 aliphatic heterocycles. The number of hydrogen-bond donors (Lipinski definition) is 0. The van der Waals surface area contributed by atoms with Crippen LogP contribution in [-0.2, 0) is 10.9 Å². The molecule has 0 aromatic rings. The van der Waals surface area contributed by atoms with E-state index in [1.807, 2.05) is 23.5 Å². The van der Waals surface area contributed by atoms with E-state index in [1.165, 1.54) is 11.5 Å². The maximum atomic E-state index is 2.32. The van der Waals surface area contributed by atoms with Gasteiger partial charge in [0.05, 0.1) is 17.8 Å². The van der Waals surface area contributed by atoms with Gasteiger partial charge in [0.1, 0.15) is 5.75 Å². The van der Waals surface area contributed by atoms with Crippen LogP contribution in [0.3, 0.4) is 0 Å². The van der Waals surface area contributed by atoms with Gasteiger partial charge in [-0.25, -0.2) is 0 Å². The summed E-state index contributed by atoms with van der Waals surface area (Å²) in [5.41, 5.74) is 0. The van der Waals surface area contributed by atoms with Crippen LogP contribution in [0.5, 0.6) is 0 Å². The van der Waals surface area contributed by atoms with Gasteiger partial charge in [-0.2, -0.15) is 23.5 Å². The molecule has 0 spiro atoms. The van der Waals surface area contributed by atoms with E-state index in [0.29, 0.717) is 10.9 Å². The van der Waals surface area contributed by atoms with Crippen molar-refractivity contribution in [3.63, 3.8) is 0 Å². The highest BCUT2D eigenvalue weighted by atomic mass is 32.2. The van der Waals surface area contributed by atoms with Gasteiger partial charge in [0.15, 0.2) is 0 Å². The van der Waals surface area contributed by atoms with Gasteiger partial charge in [0.25, 0.3) is 0 Å². The molecule has 1 atom stereocenters. The molecule has 0 rings (SSSR count). The average molecular weight is 197 g/mol. The van der Waals surface area contributed by atoms with E-state index >= 15 is 0 Å². The summed E-state index contributed by atoms with van der Waals surface area (Å²) in [6.45, 7) is 0. The molecule has 0 bridgehead atoms. The third-order valence-electron chi connectivity index (χ3n) is 1.21. The zero-order chi connectivity index (χ0) is 7.98. The van der Waals surface area contributed by atoms with Gasteiger partial charge in [-0.1, -0.05) is 0 Å². The Labute approximate surface area is 76.3 Å². The SMILES string of the molecule is CSCC(C[S+](C)C)SC. The van der Waals surface area contributed by atoms with Crippen LogP contribution in [0.1, 0.15) is 0 Å². The lowest BCUT2D eigenvalue weighted by molar-refractivity contribution is 1.15. The Morgan fingerprint density at radius 3 is 2.20 bits per heavy atom. The van der Waals surface area contributed by atoms with E-state index in [2.05, 4.69) is 25.0 Å². The van der Waals surface area contributed by atoms with Crippen LogP contribution < -0.4 is 0 Å². The Balaban J connectivity index is 3.39. The lowest BCUT2D eigenvalue weighted by Gasteiger charge is -2.09. The van der Waals surface area contributed by atoms with E-state index in [1.54, 1.807) is 0 Å². The van der Waals surface area contributed by atoms with Crippen LogP contribution >= 0.6 is 23.5 Å². The summed E-state index contributed by atoms with van der Waals surface area (Å²) in [5, 5.41) is 0.883. The Morgan fingerprint density at radius 2 is 1.90 bits per heavy atom. The fourth-order valence-electron chi connectivity index (χ4n) is 0.742. The molecule has 0 aromatic carbocycles. The van der Waals surface area contributed by atoms with Gasteiger partial charge >= 0.3 is 0 Å². The molecule has 0 N–H and O–H groups in total. The van der Waals surface area contributed by atoms with Crippen molar-refractivity contribution < 1.29 is 0 Å². The fourth-order valence-corrected chi connectivity index (χ4v) is 4.56. The van der Waals surface area contributed by atoms with E-state index in [0.717, 1.165) is 5.25 Å². The summed E-state index contributed by atoms with van der Waals surface area (Å²) in [7, 11) is 0.619. The molecular formula is C7H17S3+. The first-order chi connectivity index (χ1) is 4.70. The summed E-state index contributed by atoms with van der Waals surface area (Å²) in [6.07, 6.45) is 9.05. The number of thioether (sulfide) groups is 2. The summed E-state index contributed by atoms with van der Waals surface area (Å²) in [6, 6.07) is 0. The molecule has 1 unspecified atom stereocenters. The smallest absolute Gasteiger partial charge is 0.120 e. The predicted octanol–water partition coefficient (Wildman–Crippen LogP) is 1.96. The van der Waals surface area contributed by atoms with E-state index in [4.69, 9.17) is 0 Å². The molecule has 0 aliphatic rings. The second-order valence-electron chi connectivity index (χ2n) is 2.47.